The molecule has 0 aromatic rings. The van der Waals surface area contributed by atoms with Crippen molar-refractivity contribution < 1.29 is 19.1 Å². The molecule has 0 aromatic carbocycles. The summed E-state index contributed by atoms with van der Waals surface area (Å²) in [5.41, 5.74) is 0. The summed E-state index contributed by atoms with van der Waals surface area (Å²) < 4.78 is 5.20. The number of ether oxygens (including phenoxy) is 1. The number of likely N-dealkylation sites (N-methyl/N-ethyl adjacent to an activating group) is 1. The Bertz CT molecular complexity index is 392. The number of rotatable bonds is 3. The van der Waals surface area contributed by atoms with Crippen molar-refractivity contribution in [1.82, 2.24) is 14.7 Å². The summed E-state index contributed by atoms with van der Waals surface area (Å²) in [6, 6.07) is -1.08. The molecule has 0 spiro atoms. The van der Waals surface area contributed by atoms with Gasteiger partial charge in [0.25, 0.3) is 5.91 Å². The summed E-state index contributed by atoms with van der Waals surface area (Å²) in [7, 11) is 1.56. The van der Waals surface area contributed by atoms with Crippen LogP contribution < -0.4 is 0 Å². The monoisotopic (exact) mass is 269 g/mol. The van der Waals surface area contributed by atoms with Gasteiger partial charge < -0.3 is 14.5 Å². The second-order valence-electron chi connectivity index (χ2n) is 4.76. The number of amides is 4. The molecule has 7 heteroatoms. The summed E-state index contributed by atoms with van der Waals surface area (Å²) in [6.07, 6.45) is 0.432. The average Bonchev–Trinajstić information content (AvgIpc) is 2.67. The van der Waals surface area contributed by atoms with Crippen LogP contribution in [0.1, 0.15) is 13.3 Å². The van der Waals surface area contributed by atoms with Crippen molar-refractivity contribution in [3.8, 4) is 0 Å². The Kier molecular flexibility index (Phi) is 4.04. The van der Waals surface area contributed by atoms with E-state index in [4.69, 9.17) is 4.74 Å². The van der Waals surface area contributed by atoms with Gasteiger partial charge in [-0.05, 0) is 6.42 Å². The number of nitrogens with zero attached hydrogens (tertiary/aromatic N) is 3. The van der Waals surface area contributed by atoms with Gasteiger partial charge in [0.1, 0.15) is 12.6 Å². The molecule has 0 saturated carbocycles. The molecule has 2 aliphatic heterocycles. The van der Waals surface area contributed by atoms with E-state index in [1.165, 1.54) is 4.90 Å². The van der Waals surface area contributed by atoms with Crippen molar-refractivity contribution in [2.24, 2.45) is 0 Å². The maximum atomic E-state index is 12.4. The minimum absolute atomic E-state index is 0.0473. The van der Waals surface area contributed by atoms with Gasteiger partial charge in [0, 0.05) is 20.1 Å². The van der Waals surface area contributed by atoms with E-state index in [0.29, 0.717) is 32.7 Å². The lowest BCUT2D eigenvalue weighted by Gasteiger charge is -2.32. The van der Waals surface area contributed by atoms with Crippen molar-refractivity contribution >= 4 is 17.8 Å². The highest BCUT2D eigenvalue weighted by atomic mass is 16.5. The van der Waals surface area contributed by atoms with Gasteiger partial charge in [-0.25, -0.2) is 9.69 Å². The quantitative estimate of drug-likeness (QED) is 0.649. The molecule has 2 fully saturated rings. The summed E-state index contributed by atoms with van der Waals surface area (Å²) in [5.74, 6) is -0.469. The van der Waals surface area contributed by atoms with Crippen LogP contribution in [-0.4, -0.2) is 78.5 Å². The molecule has 0 aliphatic carbocycles. The van der Waals surface area contributed by atoms with Crippen LogP contribution in [0, 0.1) is 0 Å². The van der Waals surface area contributed by atoms with Crippen molar-refractivity contribution in [3.63, 3.8) is 0 Å². The van der Waals surface area contributed by atoms with Gasteiger partial charge in [0.2, 0.25) is 5.91 Å². The lowest BCUT2D eigenvalue weighted by Crippen LogP contribution is -2.53. The molecule has 2 heterocycles. The third kappa shape index (κ3) is 2.56. The number of carbonyl (C=O) groups excluding carboxylic acids is 3. The molecule has 1 unspecified atom stereocenters. The first kappa shape index (κ1) is 13.8. The van der Waals surface area contributed by atoms with Crippen LogP contribution in [-0.2, 0) is 14.3 Å². The molecule has 0 N–H and O–H groups in total. The van der Waals surface area contributed by atoms with E-state index in [9.17, 15) is 14.4 Å². The van der Waals surface area contributed by atoms with E-state index in [1.54, 1.807) is 11.9 Å². The Hall–Kier alpha value is -1.63. The molecule has 4 amide bonds. The van der Waals surface area contributed by atoms with Crippen LogP contribution >= 0.6 is 0 Å². The molecular formula is C12H19N3O4. The standard InChI is InChI=1S/C12H19N3O4/c1-3-9(11(17)14-4-6-19-7-5-14)15-10(16)8-13(2)12(15)18/h9H,3-8H2,1-2H3. The molecule has 2 rings (SSSR count). The minimum Gasteiger partial charge on any atom is -0.378 e. The fourth-order valence-electron chi connectivity index (χ4n) is 2.41. The summed E-state index contributed by atoms with van der Waals surface area (Å²) in [6.45, 7) is 3.89. The fourth-order valence-corrected chi connectivity index (χ4v) is 2.41. The Labute approximate surface area is 112 Å². The van der Waals surface area contributed by atoms with E-state index >= 15 is 0 Å². The third-order valence-electron chi connectivity index (χ3n) is 3.48. The first-order valence-corrected chi connectivity index (χ1v) is 6.50. The predicted molar refractivity (Wildman–Crippen MR) is 66.4 cm³/mol. The van der Waals surface area contributed by atoms with E-state index < -0.39 is 12.1 Å². The highest BCUT2D eigenvalue weighted by Gasteiger charge is 2.42. The predicted octanol–water partition coefficient (Wildman–Crippen LogP) is -0.482. The zero-order valence-corrected chi connectivity index (χ0v) is 11.3. The second-order valence-corrected chi connectivity index (χ2v) is 4.76. The van der Waals surface area contributed by atoms with Crippen LogP contribution in [0.3, 0.4) is 0 Å². The first-order valence-electron chi connectivity index (χ1n) is 6.50. The van der Waals surface area contributed by atoms with Crippen LogP contribution in [0.15, 0.2) is 0 Å². The molecular weight excluding hydrogens is 250 g/mol. The molecule has 0 bridgehead atoms. The van der Waals surface area contributed by atoms with Gasteiger partial charge in [-0.15, -0.1) is 0 Å². The van der Waals surface area contributed by atoms with Crippen LogP contribution in [0.2, 0.25) is 0 Å². The molecule has 106 valence electrons. The third-order valence-corrected chi connectivity index (χ3v) is 3.48. The van der Waals surface area contributed by atoms with Gasteiger partial charge in [-0.3, -0.25) is 9.59 Å². The number of hydrogen-bond acceptors (Lipinski definition) is 4. The van der Waals surface area contributed by atoms with E-state index in [-0.39, 0.29) is 18.4 Å². The zero-order valence-electron chi connectivity index (χ0n) is 11.3. The normalized spacial score (nSPS) is 22.1. The maximum Gasteiger partial charge on any atom is 0.327 e. The van der Waals surface area contributed by atoms with Crippen LogP contribution in [0.5, 0.6) is 0 Å². The average molecular weight is 269 g/mol. The van der Waals surface area contributed by atoms with Crippen molar-refractivity contribution in [1.29, 1.82) is 0 Å². The smallest absolute Gasteiger partial charge is 0.327 e. The molecule has 2 aliphatic rings. The number of urea groups is 1. The second kappa shape index (κ2) is 5.56. The summed E-state index contributed by atoms with van der Waals surface area (Å²) >= 11 is 0. The van der Waals surface area contributed by atoms with Gasteiger partial charge in [-0.2, -0.15) is 0 Å². The van der Waals surface area contributed by atoms with Gasteiger partial charge in [0.15, 0.2) is 0 Å². The Balaban J connectivity index is 2.12. The molecule has 1 atom stereocenters. The van der Waals surface area contributed by atoms with E-state index in [0.717, 1.165) is 4.90 Å². The topological polar surface area (TPSA) is 70.2 Å². The number of hydrogen-bond donors (Lipinski definition) is 0. The number of morpholine rings is 1. The fraction of sp³-hybridized carbons (Fsp3) is 0.750. The van der Waals surface area contributed by atoms with Gasteiger partial charge in [-0.1, -0.05) is 6.92 Å². The zero-order chi connectivity index (χ0) is 14.0. The highest BCUT2D eigenvalue weighted by Crippen LogP contribution is 2.17. The lowest BCUT2D eigenvalue weighted by atomic mass is 10.1. The van der Waals surface area contributed by atoms with Crippen molar-refractivity contribution in [2.45, 2.75) is 19.4 Å². The molecule has 7 nitrogen and oxygen atoms in total. The van der Waals surface area contributed by atoms with Crippen LogP contribution in [0.4, 0.5) is 4.79 Å². The largest absolute Gasteiger partial charge is 0.378 e. The molecule has 2 saturated heterocycles. The summed E-state index contributed by atoms with van der Waals surface area (Å²) in [5, 5.41) is 0. The van der Waals surface area contributed by atoms with E-state index in [2.05, 4.69) is 0 Å². The van der Waals surface area contributed by atoms with Crippen LogP contribution in [0.25, 0.3) is 0 Å². The Morgan fingerprint density at radius 3 is 2.42 bits per heavy atom. The Morgan fingerprint density at radius 2 is 1.95 bits per heavy atom. The lowest BCUT2D eigenvalue weighted by molar-refractivity contribution is -0.144. The number of imide groups is 1. The van der Waals surface area contributed by atoms with Crippen molar-refractivity contribution in [3.05, 3.63) is 0 Å². The van der Waals surface area contributed by atoms with Crippen molar-refractivity contribution in [2.75, 3.05) is 39.9 Å². The molecule has 19 heavy (non-hydrogen) atoms. The SMILES string of the molecule is CCC(C(=O)N1CCOCC1)N1C(=O)CN(C)C1=O. The van der Waals surface area contributed by atoms with E-state index in [1.807, 2.05) is 6.92 Å². The highest BCUT2D eigenvalue weighted by molar-refractivity contribution is 6.05. The Morgan fingerprint density at radius 1 is 1.32 bits per heavy atom. The minimum atomic E-state index is -0.692. The molecule has 0 aromatic heterocycles. The maximum absolute atomic E-state index is 12.4. The van der Waals surface area contributed by atoms with Gasteiger partial charge >= 0.3 is 6.03 Å². The van der Waals surface area contributed by atoms with Gasteiger partial charge in [0.05, 0.1) is 13.2 Å². The molecule has 0 radical (unpaired) electrons. The number of carbonyl (C=O) groups is 3. The summed E-state index contributed by atoms with van der Waals surface area (Å²) in [4.78, 5) is 40.3. The first-order chi connectivity index (χ1) is 9.06.